The predicted molar refractivity (Wildman–Crippen MR) is 104 cm³/mol. The van der Waals surface area contributed by atoms with Crippen molar-refractivity contribution in [2.24, 2.45) is 5.92 Å². The highest BCUT2D eigenvalue weighted by Crippen LogP contribution is 2.35. The Bertz CT molecular complexity index is 838. The summed E-state index contributed by atoms with van der Waals surface area (Å²) in [6, 6.07) is 3.60. The first kappa shape index (κ1) is 19.1. The number of piperidine rings is 1. The highest BCUT2D eigenvalue weighted by Gasteiger charge is 2.26. The number of benzene rings is 1. The van der Waals surface area contributed by atoms with Crippen LogP contribution >= 0.6 is 0 Å². The normalized spacial score (nSPS) is 16.2. The number of nitrogens with zero attached hydrogens (tertiary/aromatic N) is 1. The lowest BCUT2D eigenvalue weighted by Crippen LogP contribution is -2.41. The van der Waals surface area contributed by atoms with E-state index in [9.17, 15) is 9.90 Å². The van der Waals surface area contributed by atoms with Gasteiger partial charge in [-0.05, 0) is 51.7 Å². The minimum Gasteiger partial charge on any atom is -0.504 e. The molecular formula is C21H27NO5. The number of carbonyl (C=O) groups excluding carboxylic acids is 1. The number of hydrogen-bond donors (Lipinski definition) is 1. The third kappa shape index (κ3) is 4.38. The van der Waals surface area contributed by atoms with Crippen LogP contribution < -0.4 is 4.74 Å². The lowest BCUT2D eigenvalue weighted by molar-refractivity contribution is 0.0197. The van der Waals surface area contributed by atoms with Gasteiger partial charge in [0.1, 0.15) is 23.2 Å². The van der Waals surface area contributed by atoms with Crippen LogP contribution in [0.1, 0.15) is 39.2 Å². The van der Waals surface area contributed by atoms with Gasteiger partial charge < -0.3 is 23.9 Å². The zero-order chi connectivity index (χ0) is 19.6. The molecule has 0 spiro atoms. The SMILES string of the molecule is COc1ccc2c(O)coc2c1C=CC1CCN(C(=O)OC(C)(C)C)CC1. The topological polar surface area (TPSA) is 72.1 Å². The fourth-order valence-corrected chi connectivity index (χ4v) is 3.26. The smallest absolute Gasteiger partial charge is 0.410 e. The molecule has 27 heavy (non-hydrogen) atoms. The van der Waals surface area contributed by atoms with Gasteiger partial charge in [0.2, 0.25) is 0 Å². The van der Waals surface area contributed by atoms with Crippen LogP contribution in [0.5, 0.6) is 11.5 Å². The second-order valence-corrected chi connectivity index (χ2v) is 7.84. The Morgan fingerprint density at radius 1 is 1.30 bits per heavy atom. The Hall–Kier alpha value is -2.63. The summed E-state index contributed by atoms with van der Waals surface area (Å²) in [6.07, 6.45) is 6.94. The molecule has 0 saturated carbocycles. The Morgan fingerprint density at radius 2 is 2.00 bits per heavy atom. The second kappa shape index (κ2) is 7.55. The Balaban J connectivity index is 1.68. The van der Waals surface area contributed by atoms with E-state index in [2.05, 4.69) is 6.08 Å². The number of rotatable bonds is 3. The summed E-state index contributed by atoms with van der Waals surface area (Å²) in [5.41, 5.74) is 0.941. The van der Waals surface area contributed by atoms with Crippen LogP contribution in [-0.4, -0.2) is 41.9 Å². The van der Waals surface area contributed by atoms with Crippen molar-refractivity contribution in [1.82, 2.24) is 4.90 Å². The fourth-order valence-electron chi connectivity index (χ4n) is 3.26. The number of furan rings is 1. The molecule has 1 aliphatic rings. The largest absolute Gasteiger partial charge is 0.504 e. The van der Waals surface area contributed by atoms with Crippen LogP contribution in [0.15, 0.2) is 28.9 Å². The van der Waals surface area contributed by atoms with Crippen LogP contribution in [-0.2, 0) is 4.74 Å². The molecule has 6 heteroatoms. The van der Waals surface area contributed by atoms with E-state index in [-0.39, 0.29) is 11.8 Å². The average molecular weight is 373 g/mol. The average Bonchev–Trinajstić information content (AvgIpc) is 3.00. The van der Waals surface area contributed by atoms with E-state index in [1.54, 1.807) is 18.1 Å². The molecule has 0 bridgehead atoms. The molecule has 1 aromatic heterocycles. The maximum Gasteiger partial charge on any atom is 0.410 e. The van der Waals surface area contributed by atoms with E-state index in [1.165, 1.54) is 6.26 Å². The van der Waals surface area contributed by atoms with Gasteiger partial charge in [0, 0.05) is 13.1 Å². The maximum atomic E-state index is 12.2. The first-order valence-electron chi connectivity index (χ1n) is 9.22. The first-order chi connectivity index (χ1) is 12.8. The zero-order valence-electron chi connectivity index (χ0n) is 16.3. The number of methoxy groups -OCH3 is 1. The van der Waals surface area contributed by atoms with Crippen molar-refractivity contribution < 1.29 is 23.8 Å². The van der Waals surface area contributed by atoms with E-state index >= 15 is 0 Å². The highest BCUT2D eigenvalue weighted by molar-refractivity contribution is 5.92. The fraction of sp³-hybridized carbons (Fsp3) is 0.476. The standard InChI is InChI=1S/C21H27NO5/c1-21(2,3)27-20(24)22-11-9-14(10-12-22)5-6-16-18(25-4)8-7-15-17(23)13-26-19(15)16/h5-8,13-14,23H,9-12H2,1-4H3. The van der Waals surface area contributed by atoms with Gasteiger partial charge in [0.25, 0.3) is 0 Å². The minimum atomic E-state index is -0.475. The summed E-state index contributed by atoms with van der Waals surface area (Å²) < 4.78 is 16.4. The van der Waals surface area contributed by atoms with Crippen LogP contribution in [0.3, 0.4) is 0 Å². The molecule has 146 valence electrons. The van der Waals surface area contributed by atoms with E-state index in [1.807, 2.05) is 32.9 Å². The van der Waals surface area contributed by atoms with Gasteiger partial charge in [0.05, 0.1) is 18.1 Å². The number of amides is 1. The second-order valence-electron chi connectivity index (χ2n) is 7.84. The van der Waals surface area contributed by atoms with Crippen LogP contribution in [0.2, 0.25) is 0 Å². The molecule has 0 radical (unpaired) electrons. The van der Waals surface area contributed by atoms with Crippen molar-refractivity contribution in [3.8, 4) is 11.5 Å². The van der Waals surface area contributed by atoms with Gasteiger partial charge in [-0.15, -0.1) is 0 Å². The summed E-state index contributed by atoms with van der Waals surface area (Å²) >= 11 is 0. The Labute approximate surface area is 159 Å². The molecule has 1 N–H and O–H groups in total. The molecule has 3 rings (SSSR count). The van der Waals surface area contributed by atoms with Gasteiger partial charge in [0.15, 0.2) is 5.75 Å². The summed E-state index contributed by atoms with van der Waals surface area (Å²) in [6.45, 7) is 6.97. The third-order valence-electron chi connectivity index (χ3n) is 4.67. The number of carbonyl (C=O) groups is 1. The molecule has 0 atom stereocenters. The van der Waals surface area contributed by atoms with E-state index < -0.39 is 5.60 Å². The van der Waals surface area contributed by atoms with Gasteiger partial charge in [-0.2, -0.15) is 0 Å². The van der Waals surface area contributed by atoms with E-state index in [0.29, 0.717) is 35.7 Å². The van der Waals surface area contributed by atoms with Gasteiger partial charge in [-0.3, -0.25) is 0 Å². The predicted octanol–water partition coefficient (Wildman–Crippen LogP) is 4.81. The molecule has 0 unspecified atom stereocenters. The number of ether oxygens (including phenoxy) is 2. The zero-order valence-corrected chi connectivity index (χ0v) is 16.3. The van der Waals surface area contributed by atoms with Gasteiger partial charge >= 0.3 is 6.09 Å². The van der Waals surface area contributed by atoms with Crippen molar-refractivity contribution in [3.63, 3.8) is 0 Å². The van der Waals surface area contributed by atoms with Crippen molar-refractivity contribution >= 4 is 23.1 Å². The quantitative estimate of drug-likeness (QED) is 0.836. The molecule has 1 amide bonds. The van der Waals surface area contributed by atoms with E-state index in [0.717, 1.165) is 18.4 Å². The molecule has 1 saturated heterocycles. The molecule has 1 aliphatic heterocycles. The molecule has 2 aromatic rings. The highest BCUT2D eigenvalue weighted by atomic mass is 16.6. The summed E-state index contributed by atoms with van der Waals surface area (Å²) in [5, 5.41) is 10.5. The lowest BCUT2D eigenvalue weighted by atomic mass is 9.95. The molecular weight excluding hydrogens is 346 g/mol. The van der Waals surface area contributed by atoms with Crippen LogP contribution in [0.4, 0.5) is 4.79 Å². The van der Waals surface area contributed by atoms with Gasteiger partial charge in [-0.1, -0.05) is 12.2 Å². The number of likely N-dealkylation sites (tertiary alicyclic amines) is 1. The number of aromatic hydroxyl groups is 1. The molecule has 1 fully saturated rings. The summed E-state index contributed by atoms with van der Waals surface area (Å²) in [4.78, 5) is 13.9. The Kier molecular flexibility index (Phi) is 5.35. The summed E-state index contributed by atoms with van der Waals surface area (Å²) in [5.74, 6) is 1.17. The van der Waals surface area contributed by atoms with Crippen molar-refractivity contribution in [2.45, 2.75) is 39.2 Å². The van der Waals surface area contributed by atoms with Crippen molar-refractivity contribution in [2.75, 3.05) is 20.2 Å². The lowest BCUT2D eigenvalue weighted by Gasteiger charge is -2.32. The number of fused-ring (bicyclic) bond motifs is 1. The van der Waals surface area contributed by atoms with E-state index in [4.69, 9.17) is 13.9 Å². The molecule has 1 aromatic carbocycles. The van der Waals surface area contributed by atoms with Crippen LogP contribution in [0, 0.1) is 5.92 Å². The van der Waals surface area contributed by atoms with Crippen molar-refractivity contribution in [1.29, 1.82) is 0 Å². The van der Waals surface area contributed by atoms with Crippen LogP contribution in [0.25, 0.3) is 17.0 Å². The van der Waals surface area contributed by atoms with Crippen molar-refractivity contribution in [3.05, 3.63) is 30.0 Å². The monoisotopic (exact) mass is 373 g/mol. The summed E-state index contributed by atoms with van der Waals surface area (Å²) in [7, 11) is 1.61. The Morgan fingerprint density at radius 3 is 2.63 bits per heavy atom. The maximum absolute atomic E-state index is 12.2. The third-order valence-corrected chi connectivity index (χ3v) is 4.67. The minimum absolute atomic E-state index is 0.118. The molecule has 2 heterocycles. The number of hydrogen-bond acceptors (Lipinski definition) is 5. The first-order valence-corrected chi connectivity index (χ1v) is 9.22. The molecule has 0 aliphatic carbocycles. The number of allylic oxidation sites excluding steroid dienone is 1. The molecule has 6 nitrogen and oxygen atoms in total. The van der Waals surface area contributed by atoms with Gasteiger partial charge in [-0.25, -0.2) is 4.79 Å².